The molecule has 0 aliphatic heterocycles. The molecule has 1 saturated carbocycles. The normalized spacial score (nSPS) is 14.2. The molecule has 4 rings (SSSR count). The second-order valence-corrected chi connectivity index (χ2v) is 11.4. The van der Waals surface area contributed by atoms with Gasteiger partial charge in [-0.3, -0.25) is 9.36 Å². The molecule has 0 bridgehead atoms. The number of nitrogen functional groups attached to an aromatic ring is 1. The highest BCUT2D eigenvalue weighted by atomic mass is 19.1. The van der Waals surface area contributed by atoms with E-state index in [0.717, 1.165) is 47.8 Å². The first-order valence-electron chi connectivity index (χ1n) is 14.7. The van der Waals surface area contributed by atoms with E-state index in [9.17, 15) is 9.18 Å². The minimum absolute atomic E-state index is 0.00782. The molecule has 230 valence electrons. The van der Waals surface area contributed by atoms with E-state index >= 15 is 8.78 Å². The third kappa shape index (κ3) is 8.10. The Kier molecular flexibility index (Phi) is 10.7. The number of ether oxygens (including phenoxy) is 2. The highest BCUT2D eigenvalue weighted by Gasteiger charge is 2.23. The quantitative estimate of drug-likeness (QED) is 0.153. The van der Waals surface area contributed by atoms with Crippen molar-refractivity contribution in [3.05, 3.63) is 106 Å². The zero-order chi connectivity index (χ0) is 31.1. The summed E-state index contributed by atoms with van der Waals surface area (Å²) in [5.74, 6) is -1.46. The molecular formula is C34H40F3N3O3. The van der Waals surface area contributed by atoms with Crippen LogP contribution in [0.5, 0.6) is 5.75 Å². The van der Waals surface area contributed by atoms with Crippen LogP contribution in [-0.4, -0.2) is 29.9 Å². The van der Waals surface area contributed by atoms with E-state index in [1.165, 1.54) is 43.2 Å². The second-order valence-electron chi connectivity index (χ2n) is 11.4. The molecule has 1 aromatic heterocycles. The molecule has 9 heteroatoms. The Morgan fingerprint density at radius 2 is 1.70 bits per heavy atom. The lowest BCUT2D eigenvalue weighted by molar-refractivity contribution is 0.101. The van der Waals surface area contributed by atoms with Gasteiger partial charge in [0.1, 0.15) is 28.8 Å². The number of aromatic nitrogens is 1. The Balaban J connectivity index is 1.41. The molecule has 6 nitrogen and oxygen atoms in total. The van der Waals surface area contributed by atoms with E-state index in [1.54, 1.807) is 0 Å². The SMILES string of the molecule is C=C(c1ccc(F)cc1)c1ccc(=O)n(-c2c(F)cc(OCCCN[C@@H](CC(C)C)C(=C)OC3CCCC3)cc2F)c1N. The number of hydrogen-bond donors (Lipinski definition) is 2. The third-order valence-corrected chi connectivity index (χ3v) is 7.56. The minimum atomic E-state index is -1.01. The number of rotatable bonds is 14. The monoisotopic (exact) mass is 595 g/mol. The third-order valence-electron chi connectivity index (χ3n) is 7.56. The molecule has 1 aliphatic carbocycles. The molecular weight excluding hydrogens is 555 g/mol. The summed E-state index contributed by atoms with van der Waals surface area (Å²) in [7, 11) is 0. The molecule has 0 unspecified atom stereocenters. The predicted molar refractivity (Wildman–Crippen MR) is 165 cm³/mol. The van der Waals surface area contributed by atoms with Crippen LogP contribution < -0.4 is 21.3 Å². The Labute approximate surface area is 251 Å². The van der Waals surface area contributed by atoms with Gasteiger partial charge in [0.05, 0.1) is 18.8 Å². The van der Waals surface area contributed by atoms with Crippen LogP contribution in [0.2, 0.25) is 0 Å². The van der Waals surface area contributed by atoms with Gasteiger partial charge in [0.15, 0.2) is 11.6 Å². The Hall–Kier alpha value is -3.98. The van der Waals surface area contributed by atoms with Crippen LogP contribution in [0.3, 0.4) is 0 Å². The summed E-state index contributed by atoms with van der Waals surface area (Å²) in [5.41, 5.74) is 6.08. The molecule has 1 heterocycles. The molecule has 1 fully saturated rings. The molecule has 0 amide bonds. The lowest BCUT2D eigenvalue weighted by Gasteiger charge is -2.25. The average Bonchev–Trinajstić information content (AvgIpc) is 3.46. The summed E-state index contributed by atoms with van der Waals surface area (Å²) in [6.07, 6.45) is 6.19. The van der Waals surface area contributed by atoms with Gasteiger partial charge in [0, 0.05) is 23.8 Å². The van der Waals surface area contributed by atoms with E-state index in [2.05, 4.69) is 32.3 Å². The molecule has 1 aliphatic rings. The van der Waals surface area contributed by atoms with Crippen LogP contribution in [-0.2, 0) is 4.74 Å². The van der Waals surface area contributed by atoms with Crippen LogP contribution in [0.15, 0.2) is 72.2 Å². The number of pyridine rings is 1. The molecule has 2 aromatic carbocycles. The van der Waals surface area contributed by atoms with Gasteiger partial charge in [-0.05, 0) is 80.3 Å². The lowest BCUT2D eigenvalue weighted by atomic mass is 10.00. The predicted octanol–water partition coefficient (Wildman–Crippen LogP) is 7.14. The first kappa shape index (κ1) is 31.9. The first-order chi connectivity index (χ1) is 20.5. The Bertz CT molecular complexity index is 1470. The summed E-state index contributed by atoms with van der Waals surface area (Å²) in [5, 5.41) is 3.48. The molecule has 3 N–H and O–H groups in total. The first-order valence-corrected chi connectivity index (χ1v) is 14.7. The van der Waals surface area contributed by atoms with Crippen molar-refractivity contribution in [3.63, 3.8) is 0 Å². The topological polar surface area (TPSA) is 78.5 Å². The molecule has 0 saturated heterocycles. The number of benzene rings is 2. The fraction of sp³-hybridized carbons (Fsp3) is 0.382. The summed E-state index contributed by atoms with van der Waals surface area (Å²) >= 11 is 0. The van der Waals surface area contributed by atoms with Crippen molar-refractivity contribution in [2.75, 3.05) is 18.9 Å². The maximum Gasteiger partial charge on any atom is 0.256 e. The number of anilines is 1. The van der Waals surface area contributed by atoms with Gasteiger partial charge in [0.2, 0.25) is 0 Å². The number of hydrogen-bond acceptors (Lipinski definition) is 5. The van der Waals surface area contributed by atoms with Crippen molar-refractivity contribution >= 4 is 11.4 Å². The summed E-state index contributed by atoms with van der Waals surface area (Å²) < 4.78 is 56.4. The smallest absolute Gasteiger partial charge is 0.256 e. The molecule has 43 heavy (non-hydrogen) atoms. The van der Waals surface area contributed by atoms with Crippen molar-refractivity contribution in [1.29, 1.82) is 0 Å². The van der Waals surface area contributed by atoms with Gasteiger partial charge in [-0.25, -0.2) is 13.2 Å². The van der Waals surface area contributed by atoms with E-state index in [-0.39, 0.29) is 35.9 Å². The van der Waals surface area contributed by atoms with Gasteiger partial charge in [-0.1, -0.05) is 39.1 Å². The largest absolute Gasteiger partial charge is 0.494 e. The Morgan fingerprint density at radius 1 is 1.05 bits per heavy atom. The maximum absolute atomic E-state index is 15.3. The fourth-order valence-electron chi connectivity index (χ4n) is 5.33. The zero-order valence-corrected chi connectivity index (χ0v) is 24.8. The van der Waals surface area contributed by atoms with Gasteiger partial charge in [-0.15, -0.1) is 0 Å². The van der Waals surface area contributed by atoms with Crippen molar-refractivity contribution in [2.24, 2.45) is 5.92 Å². The Morgan fingerprint density at radius 3 is 2.33 bits per heavy atom. The van der Waals surface area contributed by atoms with Crippen molar-refractivity contribution < 1.29 is 22.6 Å². The van der Waals surface area contributed by atoms with Gasteiger partial charge < -0.3 is 20.5 Å². The van der Waals surface area contributed by atoms with Crippen LogP contribution in [0.25, 0.3) is 11.3 Å². The molecule has 1 atom stereocenters. The molecule has 0 radical (unpaired) electrons. The van der Waals surface area contributed by atoms with Crippen LogP contribution in [0.1, 0.15) is 63.5 Å². The van der Waals surface area contributed by atoms with E-state index < -0.39 is 28.7 Å². The van der Waals surface area contributed by atoms with Gasteiger partial charge >= 0.3 is 0 Å². The van der Waals surface area contributed by atoms with E-state index in [0.29, 0.717) is 30.0 Å². The van der Waals surface area contributed by atoms with Gasteiger partial charge in [-0.2, -0.15) is 0 Å². The van der Waals surface area contributed by atoms with Crippen molar-refractivity contribution in [2.45, 2.75) is 64.5 Å². The van der Waals surface area contributed by atoms with Crippen LogP contribution >= 0.6 is 0 Å². The number of nitrogens with zero attached hydrogens (tertiary/aromatic N) is 1. The highest BCUT2D eigenvalue weighted by Crippen LogP contribution is 2.30. The van der Waals surface area contributed by atoms with Crippen molar-refractivity contribution in [3.8, 4) is 11.4 Å². The number of nitrogens with two attached hydrogens (primary N) is 1. The summed E-state index contributed by atoms with van der Waals surface area (Å²) in [4.78, 5) is 12.7. The lowest BCUT2D eigenvalue weighted by Crippen LogP contribution is -2.35. The molecule has 0 spiro atoms. The van der Waals surface area contributed by atoms with Crippen molar-refractivity contribution in [1.82, 2.24) is 9.88 Å². The van der Waals surface area contributed by atoms with Crippen LogP contribution in [0.4, 0.5) is 19.0 Å². The average molecular weight is 596 g/mol. The summed E-state index contributed by atoms with van der Waals surface area (Å²) in [6, 6.07) is 10.1. The van der Waals surface area contributed by atoms with E-state index in [4.69, 9.17) is 15.2 Å². The minimum Gasteiger partial charge on any atom is -0.494 e. The second kappa shape index (κ2) is 14.5. The molecule has 3 aromatic rings. The number of nitrogens with one attached hydrogen (secondary N) is 1. The maximum atomic E-state index is 15.3. The fourth-order valence-corrected chi connectivity index (χ4v) is 5.33. The standard InChI is InChI=1S/C34H40F3N3O3/c1-21(2)18-31(23(4)43-26-8-5-6-9-26)39-16-7-17-42-27-19-29(36)33(30(37)20-27)40-32(41)15-14-28(34(40)38)22(3)24-10-12-25(35)13-11-24/h10-15,19-21,26,31,39H,3-9,16-18,38H2,1-2H3/t31-/m0/s1. The zero-order valence-electron chi connectivity index (χ0n) is 24.8. The van der Waals surface area contributed by atoms with Gasteiger partial charge in [0.25, 0.3) is 5.56 Å². The number of halogens is 3. The highest BCUT2D eigenvalue weighted by molar-refractivity contribution is 5.83. The van der Waals surface area contributed by atoms with E-state index in [1.807, 2.05) is 0 Å². The van der Waals surface area contributed by atoms with Crippen LogP contribution in [0, 0.1) is 23.4 Å². The summed E-state index contributed by atoms with van der Waals surface area (Å²) in [6.45, 7) is 13.2.